The topological polar surface area (TPSA) is 52.6 Å². The van der Waals surface area contributed by atoms with E-state index in [9.17, 15) is 9.36 Å². The molecule has 1 aromatic rings. The third kappa shape index (κ3) is 4.50. The van der Waals surface area contributed by atoms with E-state index in [0.29, 0.717) is 5.56 Å². The normalized spacial score (nSPS) is 12.2. The molecule has 0 aromatic heterocycles. The minimum atomic E-state index is -3.85. The fourth-order valence-corrected chi connectivity index (χ4v) is 4.31. The van der Waals surface area contributed by atoms with E-state index in [-0.39, 0.29) is 12.2 Å². The van der Waals surface area contributed by atoms with Crippen LogP contribution in [0.25, 0.3) is 0 Å². The Morgan fingerprint density at radius 2 is 1.33 bits per heavy atom. The molecule has 0 bridgehead atoms. The second kappa shape index (κ2) is 6.87. The summed E-state index contributed by atoms with van der Waals surface area (Å²) in [4.78, 5) is 12.8. The molecule has 0 N–H and O–H groups in total. The minimum Gasteiger partial charge on any atom is -0.300 e. The van der Waals surface area contributed by atoms with E-state index in [0.717, 1.165) is 16.7 Å². The Labute approximate surface area is 127 Å². The summed E-state index contributed by atoms with van der Waals surface area (Å²) in [5, 5.41) is 0. The molecule has 4 nitrogen and oxygen atoms in total. The van der Waals surface area contributed by atoms with Gasteiger partial charge in [-0.3, -0.25) is 9.36 Å². The highest BCUT2D eigenvalue weighted by atomic mass is 31.2. The third-order valence-corrected chi connectivity index (χ3v) is 4.96. The maximum atomic E-state index is 12.9. The van der Waals surface area contributed by atoms with E-state index >= 15 is 0 Å². The molecule has 0 aliphatic rings. The zero-order valence-electron chi connectivity index (χ0n) is 13.9. The first-order chi connectivity index (χ1) is 9.56. The predicted octanol–water partition coefficient (Wildman–Crippen LogP) is 4.80. The van der Waals surface area contributed by atoms with E-state index in [2.05, 4.69) is 0 Å². The monoisotopic (exact) mass is 312 g/mol. The van der Waals surface area contributed by atoms with E-state index in [1.807, 2.05) is 32.9 Å². The first-order valence-corrected chi connectivity index (χ1v) is 8.70. The van der Waals surface area contributed by atoms with Crippen LogP contribution < -0.4 is 0 Å². The van der Waals surface area contributed by atoms with Gasteiger partial charge in [0.05, 0.1) is 12.2 Å². The average Bonchev–Trinajstić information content (AvgIpc) is 2.24. The van der Waals surface area contributed by atoms with Crippen molar-refractivity contribution >= 4 is 13.1 Å². The van der Waals surface area contributed by atoms with Crippen molar-refractivity contribution in [2.75, 3.05) is 0 Å². The maximum Gasteiger partial charge on any atom is 0.402 e. The van der Waals surface area contributed by atoms with Gasteiger partial charge in [-0.2, -0.15) is 0 Å². The third-order valence-electron chi connectivity index (χ3n) is 2.84. The second-order valence-corrected chi connectivity index (χ2v) is 7.71. The number of hydrogen-bond acceptors (Lipinski definition) is 4. The lowest BCUT2D eigenvalue weighted by atomic mass is 10.0. The highest BCUT2D eigenvalue weighted by Gasteiger charge is 2.39. The van der Waals surface area contributed by atoms with Crippen molar-refractivity contribution in [2.45, 2.75) is 60.7 Å². The number of aryl methyl sites for hydroxylation is 3. The lowest BCUT2D eigenvalue weighted by Crippen LogP contribution is -2.16. The molecular formula is C16H25O4P. The minimum absolute atomic E-state index is 0.357. The Bertz CT molecular complexity index is 539. The van der Waals surface area contributed by atoms with Gasteiger partial charge in [0, 0.05) is 5.56 Å². The first kappa shape index (κ1) is 18.1. The van der Waals surface area contributed by atoms with E-state index in [1.165, 1.54) is 0 Å². The molecule has 118 valence electrons. The Balaban J connectivity index is 3.33. The SMILES string of the molecule is Cc1cc(C)c(C(=O)P(=O)(OC(C)C)OC(C)C)c(C)c1. The van der Waals surface area contributed by atoms with Crippen LogP contribution in [0, 0.1) is 20.8 Å². The van der Waals surface area contributed by atoms with Crippen LogP contribution in [0.5, 0.6) is 0 Å². The van der Waals surface area contributed by atoms with Gasteiger partial charge in [-0.15, -0.1) is 0 Å². The van der Waals surface area contributed by atoms with Crippen LogP contribution >= 0.6 is 7.60 Å². The molecule has 21 heavy (non-hydrogen) atoms. The van der Waals surface area contributed by atoms with Crippen LogP contribution in [0.15, 0.2) is 12.1 Å². The number of carbonyl (C=O) groups excluding carboxylic acids is 1. The van der Waals surface area contributed by atoms with Gasteiger partial charge in [-0.25, -0.2) is 0 Å². The van der Waals surface area contributed by atoms with Gasteiger partial charge in [-0.1, -0.05) is 17.7 Å². The molecule has 0 radical (unpaired) electrons. The fraction of sp³-hybridized carbons (Fsp3) is 0.562. The summed E-state index contributed by atoms with van der Waals surface area (Å²) in [5.41, 5.74) is 2.52. The van der Waals surface area contributed by atoms with Gasteiger partial charge >= 0.3 is 7.60 Å². The Kier molecular flexibility index (Phi) is 5.92. The van der Waals surface area contributed by atoms with Gasteiger partial charge in [0.1, 0.15) is 0 Å². The van der Waals surface area contributed by atoms with Crippen molar-refractivity contribution in [1.82, 2.24) is 0 Å². The van der Waals surface area contributed by atoms with Gasteiger partial charge in [-0.05, 0) is 59.6 Å². The van der Waals surface area contributed by atoms with Crippen molar-refractivity contribution in [2.24, 2.45) is 0 Å². The van der Waals surface area contributed by atoms with Crippen LogP contribution in [-0.2, 0) is 13.6 Å². The molecule has 0 spiro atoms. The molecule has 0 aliphatic carbocycles. The number of rotatable bonds is 6. The summed E-state index contributed by atoms with van der Waals surface area (Å²) in [6, 6.07) is 3.80. The molecule has 0 heterocycles. The molecule has 0 saturated carbocycles. The van der Waals surface area contributed by atoms with Crippen molar-refractivity contribution in [3.63, 3.8) is 0 Å². The van der Waals surface area contributed by atoms with E-state index in [1.54, 1.807) is 27.7 Å². The molecule has 0 fully saturated rings. The van der Waals surface area contributed by atoms with Crippen molar-refractivity contribution in [1.29, 1.82) is 0 Å². The summed E-state index contributed by atoms with van der Waals surface area (Å²) in [6.45, 7) is 12.6. The molecule has 0 atom stereocenters. The van der Waals surface area contributed by atoms with Crippen LogP contribution in [0.4, 0.5) is 0 Å². The summed E-state index contributed by atoms with van der Waals surface area (Å²) in [5.74, 6) is 0. The van der Waals surface area contributed by atoms with Crippen molar-refractivity contribution in [3.05, 3.63) is 34.4 Å². The highest BCUT2D eigenvalue weighted by molar-refractivity contribution is 7.72. The summed E-state index contributed by atoms with van der Waals surface area (Å²) in [6.07, 6.45) is -0.714. The standard InChI is InChI=1S/C16H25O4P/c1-10(2)19-21(18,20-11(3)4)16(17)15-13(6)8-12(5)9-14(15)7/h8-11H,1-7H3. The van der Waals surface area contributed by atoms with Gasteiger partial charge in [0.15, 0.2) is 0 Å². The van der Waals surface area contributed by atoms with Crippen LogP contribution in [0.2, 0.25) is 0 Å². The maximum absolute atomic E-state index is 12.9. The van der Waals surface area contributed by atoms with Gasteiger partial charge in [0.2, 0.25) is 0 Å². The highest BCUT2D eigenvalue weighted by Crippen LogP contribution is 2.54. The number of hydrogen-bond donors (Lipinski definition) is 0. The molecule has 1 aromatic carbocycles. The van der Waals surface area contributed by atoms with E-state index < -0.39 is 13.1 Å². The Morgan fingerprint density at radius 1 is 0.952 bits per heavy atom. The van der Waals surface area contributed by atoms with Gasteiger partial charge in [0.25, 0.3) is 5.52 Å². The van der Waals surface area contributed by atoms with Crippen molar-refractivity contribution in [3.8, 4) is 0 Å². The van der Waals surface area contributed by atoms with Gasteiger partial charge < -0.3 is 9.05 Å². The molecule has 0 aliphatic heterocycles. The van der Waals surface area contributed by atoms with Crippen LogP contribution in [0.1, 0.15) is 54.7 Å². The summed E-state index contributed by atoms with van der Waals surface area (Å²) >= 11 is 0. The van der Waals surface area contributed by atoms with Crippen LogP contribution in [0.3, 0.4) is 0 Å². The van der Waals surface area contributed by atoms with E-state index in [4.69, 9.17) is 9.05 Å². The zero-order chi connectivity index (χ0) is 16.4. The van der Waals surface area contributed by atoms with Crippen LogP contribution in [-0.4, -0.2) is 17.7 Å². The largest absolute Gasteiger partial charge is 0.402 e. The molecule has 5 heteroatoms. The molecule has 0 unspecified atom stereocenters. The lowest BCUT2D eigenvalue weighted by molar-refractivity contribution is 0.0923. The summed E-state index contributed by atoms with van der Waals surface area (Å²) < 4.78 is 23.7. The second-order valence-electron chi connectivity index (χ2n) is 5.88. The average molecular weight is 312 g/mol. The smallest absolute Gasteiger partial charge is 0.300 e. The van der Waals surface area contributed by atoms with Crippen molar-refractivity contribution < 1.29 is 18.4 Å². The molecule has 0 amide bonds. The predicted molar refractivity (Wildman–Crippen MR) is 85.0 cm³/mol. The molecule has 1 rings (SSSR count). The molecule has 0 saturated heterocycles. The fourth-order valence-electron chi connectivity index (χ4n) is 2.33. The molecular weight excluding hydrogens is 287 g/mol. The Morgan fingerprint density at radius 3 is 1.67 bits per heavy atom. The quantitative estimate of drug-likeness (QED) is 0.708. The lowest BCUT2D eigenvalue weighted by Gasteiger charge is -2.23. The number of benzene rings is 1. The first-order valence-electron chi connectivity index (χ1n) is 7.16. The Hall–Kier alpha value is -0.960. The zero-order valence-corrected chi connectivity index (χ0v) is 14.8. The summed E-state index contributed by atoms with van der Waals surface area (Å²) in [7, 11) is -3.85. The number of carbonyl (C=O) groups is 1.